The second-order valence-corrected chi connectivity index (χ2v) is 6.83. The molecule has 0 spiro atoms. The Morgan fingerprint density at radius 1 is 1.21 bits per heavy atom. The highest BCUT2D eigenvalue weighted by Gasteiger charge is 2.20. The van der Waals surface area contributed by atoms with Crippen LogP contribution in [0.2, 0.25) is 0 Å². The first-order valence-corrected chi connectivity index (χ1v) is 8.31. The smallest absolute Gasteiger partial charge is 0.294 e. The van der Waals surface area contributed by atoms with Gasteiger partial charge in [0.1, 0.15) is 5.69 Å². The van der Waals surface area contributed by atoms with Crippen LogP contribution in [0.5, 0.6) is 0 Å². The second kappa shape index (κ2) is 5.91. The number of fused-ring (bicyclic) bond motifs is 1. The topological polar surface area (TPSA) is 130 Å². The van der Waals surface area contributed by atoms with Crippen molar-refractivity contribution in [3.8, 4) is 0 Å². The Balaban J connectivity index is 2.02. The van der Waals surface area contributed by atoms with Crippen LogP contribution in [0.15, 0.2) is 47.5 Å². The molecule has 124 valence electrons. The van der Waals surface area contributed by atoms with E-state index in [0.717, 1.165) is 17.0 Å². The Morgan fingerprint density at radius 3 is 2.71 bits per heavy atom. The molecule has 0 atom stereocenters. The van der Waals surface area contributed by atoms with Crippen molar-refractivity contribution >= 4 is 38.0 Å². The third-order valence-electron chi connectivity index (χ3n) is 3.46. The minimum atomic E-state index is -3.76. The van der Waals surface area contributed by atoms with Crippen LogP contribution in [-0.4, -0.2) is 30.6 Å². The van der Waals surface area contributed by atoms with Crippen molar-refractivity contribution < 1.29 is 13.3 Å². The molecule has 0 radical (unpaired) electrons. The lowest BCUT2D eigenvalue weighted by molar-refractivity contribution is -0.384. The van der Waals surface area contributed by atoms with E-state index in [1.807, 2.05) is 0 Å². The summed E-state index contributed by atoms with van der Waals surface area (Å²) in [6, 6.07) is 8.99. The average molecular weight is 347 g/mol. The number of hydrogen-bond acceptors (Lipinski definition) is 6. The predicted octanol–water partition coefficient (Wildman–Crippen LogP) is 2.12. The summed E-state index contributed by atoms with van der Waals surface area (Å²) in [5.41, 5.74) is 1.32. The fourth-order valence-electron chi connectivity index (χ4n) is 2.23. The molecule has 0 saturated heterocycles. The summed E-state index contributed by atoms with van der Waals surface area (Å²) in [7, 11) is -2.52. The van der Waals surface area contributed by atoms with Gasteiger partial charge in [-0.1, -0.05) is 0 Å². The predicted molar refractivity (Wildman–Crippen MR) is 88.7 cm³/mol. The number of hydrogen-bond donors (Lipinski definition) is 3. The van der Waals surface area contributed by atoms with Crippen molar-refractivity contribution in [1.29, 1.82) is 0 Å². The van der Waals surface area contributed by atoms with E-state index in [1.54, 1.807) is 24.4 Å². The molecule has 24 heavy (non-hydrogen) atoms. The van der Waals surface area contributed by atoms with Gasteiger partial charge in [0, 0.05) is 17.1 Å². The number of nitrogens with zero attached hydrogens (tertiary/aromatic N) is 2. The molecule has 1 aromatic heterocycles. The normalized spacial score (nSPS) is 11.5. The third-order valence-corrected chi connectivity index (χ3v) is 4.88. The first-order valence-electron chi connectivity index (χ1n) is 6.83. The number of H-pyrrole nitrogens is 1. The summed E-state index contributed by atoms with van der Waals surface area (Å²) in [4.78, 5) is 10.5. The maximum absolute atomic E-state index is 11.8. The molecule has 3 aromatic rings. The highest BCUT2D eigenvalue weighted by molar-refractivity contribution is 7.89. The lowest BCUT2D eigenvalue weighted by Crippen LogP contribution is -2.18. The van der Waals surface area contributed by atoms with Crippen molar-refractivity contribution in [3.63, 3.8) is 0 Å². The number of aromatic amines is 1. The number of nitro benzene ring substituents is 1. The number of anilines is 2. The summed E-state index contributed by atoms with van der Waals surface area (Å²) < 4.78 is 25.7. The molecular formula is C14H13N5O4S. The molecule has 3 rings (SSSR count). The van der Waals surface area contributed by atoms with Gasteiger partial charge >= 0.3 is 0 Å². The van der Waals surface area contributed by atoms with Gasteiger partial charge in [-0.15, -0.1) is 0 Å². The molecule has 0 saturated carbocycles. The van der Waals surface area contributed by atoms with E-state index >= 15 is 0 Å². The van der Waals surface area contributed by atoms with Crippen LogP contribution in [-0.2, 0) is 10.0 Å². The molecule has 0 fully saturated rings. The van der Waals surface area contributed by atoms with Gasteiger partial charge in [0.15, 0.2) is 0 Å². The van der Waals surface area contributed by atoms with Crippen molar-refractivity contribution in [3.05, 3.63) is 52.7 Å². The Labute approximate surface area is 136 Å². The van der Waals surface area contributed by atoms with Gasteiger partial charge < -0.3 is 5.32 Å². The van der Waals surface area contributed by atoms with E-state index in [1.165, 1.54) is 19.2 Å². The first kappa shape index (κ1) is 15.9. The molecule has 0 unspecified atom stereocenters. The van der Waals surface area contributed by atoms with Gasteiger partial charge in [0.05, 0.1) is 21.5 Å². The zero-order valence-corrected chi connectivity index (χ0v) is 13.3. The van der Waals surface area contributed by atoms with Gasteiger partial charge in [0.2, 0.25) is 10.0 Å². The summed E-state index contributed by atoms with van der Waals surface area (Å²) >= 11 is 0. The van der Waals surface area contributed by atoms with E-state index in [2.05, 4.69) is 20.2 Å². The van der Waals surface area contributed by atoms with Crippen LogP contribution in [0.25, 0.3) is 10.9 Å². The van der Waals surface area contributed by atoms with Crippen molar-refractivity contribution in [2.45, 2.75) is 4.90 Å². The van der Waals surface area contributed by atoms with Crippen LogP contribution in [0.3, 0.4) is 0 Å². The Kier molecular flexibility index (Phi) is 3.91. The summed E-state index contributed by atoms with van der Waals surface area (Å²) in [6.45, 7) is 0. The fraction of sp³-hybridized carbons (Fsp3) is 0.0714. The first-order chi connectivity index (χ1) is 11.4. The molecule has 9 nitrogen and oxygen atoms in total. The molecule has 3 N–H and O–H groups in total. The average Bonchev–Trinajstić information content (AvgIpc) is 3.02. The van der Waals surface area contributed by atoms with Crippen molar-refractivity contribution in [2.75, 3.05) is 12.4 Å². The minimum Gasteiger partial charge on any atom is -0.350 e. The molecule has 0 bridgehead atoms. The highest BCUT2D eigenvalue weighted by atomic mass is 32.2. The number of aromatic nitrogens is 2. The van der Waals surface area contributed by atoms with Gasteiger partial charge in [-0.05, 0) is 37.4 Å². The Morgan fingerprint density at radius 2 is 2.00 bits per heavy atom. The van der Waals surface area contributed by atoms with Crippen LogP contribution in [0, 0.1) is 10.1 Å². The van der Waals surface area contributed by atoms with Crippen LogP contribution in [0.4, 0.5) is 17.1 Å². The number of nitrogens with one attached hydrogen (secondary N) is 3. The Bertz CT molecular complexity index is 1030. The zero-order chi connectivity index (χ0) is 17.3. The SMILES string of the molecule is CNS(=O)(=O)c1ccc(Nc2ccc3[nH]ncc3c2)c([N+](=O)[O-])c1. The molecule has 0 aliphatic rings. The highest BCUT2D eigenvalue weighted by Crippen LogP contribution is 2.31. The molecule has 0 amide bonds. The number of benzene rings is 2. The molecule has 10 heteroatoms. The molecule has 1 heterocycles. The van der Waals surface area contributed by atoms with E-state index in [-0.39, 0.29) is 16.3 Å². The summed E-state index contributed by atoms with van der Waals surface area (Å²) in [5.74, 6) is 0. The van der Waals surface area contributed by atoms with Crippen LogP contribution < -0.4 is 10.0 Å². The van der Waals surface area contributed by atoms with Gasteiger partial charge in [-0.25, -0.2) is 13.1 Å². The number of sulfonamides is 1. The van der Waals surface area contributed by atoms with Crippen LogP contribution >= 0.6 is 0 Å². The lowest BCUT2D eigenvalue weighted by atomic mass is 10.2. The number of rotatable bonds is 5. The van der Waals surface area contributed by atoms with E-state index < -0.39 is 14.9 Å². The van der Waals surface area contributed by atoms with Crippen molar-refractivity contribution in [2.24, 2.45) is 0 Å². The van der Waals surface area contributed by atoms with Gasteiger partial charge in [0.25, 0.3) is 5.69 Å². The lowest BCUT2D eigenvalue weighted by Gasteiger charge is -2.09. The largest absolute Gasteiger partial charge is 0.350 e. The molecular weight excluding hydrogens is 334 g/mol. The molecule has 2 aromatic carbocycles. The molecule has 0 aliphatic heterocycles. The monoisotopic (exact) mass is 347 g/mol. The quantitative estimate of drug-likeness (QED) is 0.479. The standard InChI is InChI=1S/C14H13N5O4S/c1-15-24(22,23)11-3-5-13(14(7-11)19(20)21)17-10-2-4-12-9(6-10)8-16-18-12/h2-8,15,17H,1H3,(H,16,18). The van der Waals surface area contributed by atoms with Crippen molar-refractivity contribution in [1.82, 2.24) is 14.9 Å². The fourth-order valence-corrected chi connectivity index (χ4v) is 2.98. The molecule has 0 aliphatic carbocycles. The second-order valence-electron chi connectivity index (χ2n) is 4.94. The third kappa shape index (κ3) is 2.92. The van der Waals surface area contributed by atoms with E-state index in [0.29, 0.717) is 5.69 Å². The summed E-state index contributed by atoms with van der Waals surface area (Å²) in [5, 5.41) is 21.8. The van der Waals surface area contributed by atoms with Crippen LogP contribution in [0.1, 0.15) is 0 Å². The number of nitro groups is 1. The van der Waals surface area contributed by atoms with Gasteiger partial charge in [-0.3, -0.25) is 15.2 Å². The minimum absolute atomic E-state index is 0.174. The van der Waals surface area contributed by atoms with Gasteiger partial charge in [-0.2, -0.15) is 5.10 Å². The maximum atomic E-state index is 11.8. The maximum Gasteiger partial charge on any atom is 0.294 e. The van der Waals surface area contributed by atoms with E-state index in [4.69, 9.17) is 0 Å². The summed E-state index contributed by atoms with van der Waals surface area (Å²) in [6.07, 6.45) is 1.64. The Hall–Kier alpha value is -2.98. The zero-order valence-electron chi connectivity index (χ0n) is 12.5. The van der Waals surface area contributed by atoms with E-state index in [9.17, 15) is 18.5 Å².